The molecule has 2 aromatic carbocycles. The van der Waals surface area contributed by atoms with E-state index in [0.717, 1.165) is 40.8 Å². The molecule has 0 aliphatic rings. The Morgan fingerprint density at radius 2 is 1.66 bits per heavy atom. The molecule has 0 fully saturated rings. The van der Waals surface area contributed by atoms with Crippen LogP contribution < -0.4 is 10.5 Å². The van der Waals surface area contributed by atoms with Crippen molar-refractivity contribution < 1.29 is 28.6 Å². The van der Waals surface area contributed by atoms with Gasteiger partial charge in [0.2, 0.25) is 5.91 Å². The monoisotopic (exact) mass is 483 g/mol. The van der Waals surface area contributed by atoms with Crippen LogP contribution >= 0.6 is 0 Å². The van der Waals surface area contributed by atoms with Gasteiger partial charge in [-0.25, -0.2) is 0 Å². The predicted molar refractivity (Wildman–Crippen MR) is 135 cm³/mol. The number of benzene rings is 2. The Morgan fingerprint density at radius 3 is 2.23 bits per heavy atom. The molecule has 0 radical (unpaired) electrons. The lowest BCUT2D eigenvalue weighted by molar-refractivity contribution is -0.154. The predicted octanol–water partition coefficient (Wildman–Crippen LogP) is 4.76. The molecule has 35 heavy (non-hydrogen) atoms. The summed E-state index contributed by atoms with van der Waals surface area (Å²) in [6.45, 7) is 7.38. The number of hydrogen-bond acceptors (Lipinski definition) is 6. The molecular formula is C28H37NO6. The highest BCUT2D eigenvalue weighted by Crippen LogP contribution is 2.32. The van der Waals surface area contributed by atoms with Crippen LogP contribution in [0.2, 0.25) is 0 Å². The molecule has 7 nitrogen and oxygen atoms in total. The zero-order chi connectivity index (χ0) is 25.8. The molecule has 190 valence electrons. The highest BCUT2D eigenvalue weighted by atomic mass is 16.5. The van der Waals surface area contributed by atoms with Crippen LogP contribution in [0.25, 0.3) is 11.1 Å². The molecule has 0 bridgehead atoms. The molecule has 0 saturated heterocycles. The molecular weight excluding hydrogens is 446 g/mol. The van der Waals surface area contributed by atoms with Crippen molar-refractivity contribution in [3.8, 4) is 16.9 Å². The van der Waals surface area contributed by atoms with E-state index in [9.17, 15) is 14.4 Å². The SMILES string of the molecule is CCCCOc1ccc(-c2cccc(CCC(COC(C)=O)(COC(C)=O)CC(N)=O)c2)c(C)c1. The summed E-state index contributed by atoms with van der Waals surface area (Å²) in [5, 5.41) is 0. The van der Waals surface area contributed by atoms with E-state index in [4.69, 9.17) is 19.9 Å². The molecule has 0 aliphatic carbocycles. The summed E-state index contributed by atoms with van der Waals surface area (Å²) in [5.41, 5.74) is 8.94. The van der Waals surface area contributed by atoms with Gasteiger partial charge in [-0.2, -0.15) is 0 Å². The molecule has 2 N–H and O–H groups in total. The number of aryl methyl sites for hydroxylation is 2. The summed E-state index contributed by atoms with van der Waals surface area (Å²) >= 11 is 0. The third-order valence-electron chi connectivity index (χ3n) is 5.86. The third-order valence-corrected chi connectivity index (χ3v) is 5.86. The van der Waals surface area contributed by atoms with Gasteiger partial charge in [0.05, 0.1) is 6.61 Å². The molecule has 0 unspecified atom stereocenters. The summed E-state index contributed by atoms with van der Waals surface area (Å²) in [5.74, 6) is -0.625. The van der Waals surface area contributed by atoms with Gasteiger partial charge in [-0.05, 0) is 60.6 Å². The van der Waals surface area contributed by atoms with Crippen molar-refractivity contribution in [1.29, 1.82) is 0 Å². The Labute approximate surface area is 207 Å². The minimum absolute atomic E-state index is 0.0587. The van der Waals surface area contributed by atoms with E-state index in [0.29, 0.717) is 19.4 Å². The van der Waals surface area contributed by atoms with Crippen LogP contribution in [-0.2, 0) is 30.3 Å². The van der Waals surface area contributed by atoms with E-state index < -0.39 is 23.3 Å². The second-order valence-corrected chi connectivity index (χ2v) is 9.08. The Hall–Kier alpha value is -3.35. The minimum Gasteiger partial charge on any atom is -0.494 e. The van der Waals surface area contributed by atoms with Crippen LogP contribution in [0, 0.1) is 12.3 Å². The Balaban J connectivity index is 2.22. The summed E-state index contributed by atoms with van der Waals surface area (Å²) in [4.78, 5) is 34.8. The van der Waals surface area contributed by atoms with Gasteiger partial charge in [-0.15, -0.1) is 0 Å². The van der Waals surface area contributed by atoms with Gasteiger partial charge in [0, 0.05) is 25.7 Å². The Kier molecular flexibility index (Phi) is 10.8. The average Bonchev–Trinajstić information content (AvgIpc) is 2.80. The highest BCUT2D eigenvalue weighted by Gasteiger charge is 2.35. The molecule has 7 heteroatoms. The standard InChI is InChI=1S/C28H37NO6/c1-5-6-14-33-25-10-11-26(20(2)15-25)24-9-7-8-23(16-24)12-13-28(17-27(29)32,18-34-21(3)30)19-35-22(4)31/h7-11,15-16H,5-6,12-14,17-19H2,1-4H3,(H2,29,32). The lowest BCUT2D eigenvalue weighted by Crippen LogP contribution is -2.38. The lowest BCUT2D eigenvalue weighted by atomic mass is 9.80. The highest BCUT2D eigenvalue weighted by molar-refractivity contribution is 5.75. The molecule has 0 atom stereocenters. The maximum Gasteiger partial charge on any atom is 0.302 e. The topological polar surface area (TPSA) is 105 Å². The number of amides is 1. The fourth-order valence-electron chi connectivity index (χ4n) is 3.94. The molecule has 0 aliphatic heterocycles. The van der Waals surface area contributed by atoms with Crippen molar-refractivity contribution >= 4 is 17.8 Å². The first-order chi connectivity index (χ1) is 16.6. The number of unbranched alkanes of at least 4 members (excludes halogenated alkanes) is 1. The quantitative estimate of drug-likeness (QED) is 0.307. The Morgan fingerprint density at radius 1 is 0.971 bits per heavy atom. The molecule has 1 amide bonds. The average molecular weight is 484 g/mol. The maximum atomic E-state index is 11.8. The van der Waals surface area contributed by atoms with Crippen molar-refractivity contribution in [1.82, 2.24) is 0 Å². The molecule has 2 rings (SSSR count). The van der Waals surface area contributed by atoms with Crippen LogP contribution in [0.4, 0.5) is 0 Å². The van der Waals surface area contributed by atoms with Crippen LogP contribution in [-0.4, -0.2) is 37.7 Å². The number of carbonyl (C=O) groups is 3. The summed E-state index contributed by atoms with van der Waals surface area (Å²) in [7, 11) is 0. The number of esters is 2. The van der Waals surface area contributed by atoms with Crippen LogP contribution in [0.5, 0.6) is 5.75 Å². The summed E-state index contributed by atoms with van der Waals surface area (Å²) in [6, 6.07) is 14.3. The normalized spacial score (nSPS) is 11.1. The fourth-order valence-corrected chi connectivity index (χ4v) is 3.94. The minimum atomic E-state index is -0.896. The first-order valence-corrected chi connectivity index (χ1v) is 12.0. The maximum absolute atomic E-state index is 11.8. The van der Waals surface area contributed by atoms with E-state index >= 15 is 0 Å². The van der Waals surface area contributed by atoms with Crippen molar-refractivity contribution in [2.75, 3.05) is 19.8 Å². The van der Waals surface area contributed by atoms with Gasteiger partial charge >= 0.3 is 11.9 Å². The number of carbonyl (C=O) groups excluding carboxylic acids is 3. The van der Waals surface area contributed by atoms with E-state index in [1.807, 2.05) is 24.3 Å². The molecule has 0 spiro atoms. The number of ether oxygens (including phenoxy) is 3. The van der Waals surface area contributed by atoms with Gasteiger partial charge < -0.3 is 19.9 Å². The van der Waals surface area contributed by atoms with Crippen LogP contribution in [0.1, 0.15) is 57.6 Å². The van der Waals surface area contributed by atoms with Crippen molar-refractivity contribution in [3.05, 3.63) is 53.6 Å². The van der Waals surface area contributed by atoms with E-state index in [2.05, 4.69) is 32.0 Å². The summed E-state index contributed by atoms with van der Waals surface area (Å²) in [6.07, 6.45) is 3.08. The van der Waals surface area contributed by atoms with Crippen molar-refractivity contribution in [2.45, 2.75) is 59.8 Å². The first kappa shape index (κ1) is 27.9. The molecule has 0 aromatic heterocycles. The fraction of sp³-hybridized carbons (Fsp3) is 0.464. The lowest BCUT2D eigenvalue weighted by Gasteiger charge is -2.31. The van der Waals surface area contributed by atoms with Gasteiger partial charge in [0.1, 0.15) is 19.0 Å². The second-order valence-electron chi connectivity index (χ2n) is 9.08. The van der Waals surface area contributed by atoms with E-state index in [1.165, 1.54) is 13.8 Å². The Bertz CT molecular complexity index is 998. The zero-order valence-electron chi connectivity index (χ0n) is 21.2. The van der Waals surface area contributed by atoms with Gasteiger partial charge in [0.15, 0.2) is 0 Å². The number of hydrogen-bond donors (Lipinski definition) is 1. The zero-order valence-corrected chi connectivity index (χ0v) is 21.2. The first-order valence-electron chi connectivity index (χ1n) is 12.0. The van der Waals surface area contributed by atoms with Crippen molar-refractivity contribution in [3.63, 3.8) is 0 Å². The van der Waals surface area contributed by atoms with Gasteiger partial charge in [-0.1, -0.05) is 43.7 Å². The van der Waals surface area contributed by atoms with E-state index in [-0.39, 0.29) is 19.6 Å². The van der Waals surface area contributed by atoms with Crippen molar-refractivity contribution in [2.24, 2.45) is 11.1 Å². The number of nitrogens with two attached hydrogens (primary N) is 1. The van der Waals surface area contributed by atoms with Crippen LogP contribution in [0.3, 0.4) is 0 Å². The van der Waals surface area contributed by atoms with Gasteiger partial charge in [0.25, 0.3) is 0 Å². The number of rotatable bonds is 14. The smallest absolute Gasteiger partial charge is 0.302 e. The van der Waals surface area contributed by atoms with E-state index in [1.54, 1.807) is 0 Å². The molecule has 2 aromatic rings. The number of primary amides is 1. The largest absolute Gasteiger partial charge is 0.494 e. The van der Waals surface area contributed by atoms with Crippen LogP contribution in [0.15, 0.2) is 42.5 Å². The third kappa shape index (κ3) is 9.43. The molecule has 0 saturated carbocycles. The van der Waals surface area contributed by atoms with Gasteiger partial charge in [-0.3, -0.25) is 14.4 Å². The molecule has 0 heterocycles. The summed E-state index contributed by atoms with van der Waals surface area (Å²) < 4.78 is 16.3. The second kappa shape index (κ2) is 13.5.